The van der Waals surface area contributed by atoms with Crippen molar-refractivity contribution in [1.82, 2.24) is 4.90 Å². The summed E-state index contributed by atoms with van der Waals surface area (Å²) in [5.41, 5.74) is 0.0741. The van der Waals surface area contributed by atoms with Gasteiger partial charge in [0.2, 0.25) is 0 Å². The van der Waals surface area contributed by atoms with Crippen LogP contribution in [0.2, 0.25) is 0 Å². The molecule has 1 aromatic carbocycles. The highest BCUT2D eigenvalue weighted by Gasteiger charge is 2.15. The van der Waals surface area contributed by atoms with E-state index in [4.69, 9.17) is 4.74 Å². The molecule has 0 unspecified atom stereocenters. The number of likely N-dealkylation sites (N-methyl/N-ethyl adjacent to an activating group) is 1. The molecule has 1 rings (SSSR count). The van der Waals surface area contributed by atoms with Crippen molar-refractivity contribution in [2.24, 2.45) is 0 Å². The van der Waals surface area contributed by atoms with E-state index in [-0.39, 0.29) is 17.0 Å². The lowest BCUT2D eigenvalue weighted by Gasteiger charge is -2.11. The first-order valence-electron chi connectivity index (χ1n) is 5.05. The smallest absolute Gasteiger partial charge is 0.311 e. The molecule has 0 bridgehead atoms. The molecule has 0 N–H and O–H groups in total. The summed E-state index contributed by atoms with van der Waals surface area (Å²) in [7, 11) is 3.76. The SMILES string of the molecule is CN(C)CCOc1ccc(C=O)cc1[N+](=O)[O-]. The monoisotopic (exact) mass is 238 g/mol. The van der Waals surface area contributed by atoms with Crippen LogP contribution in [0, 0.1) is 10.1 Å². The van der Waals surface area contributed by atoms with Crippen molar-refractivity contribution in [3.8, 4) is 5.75 Å². The molecule has 0 amide bonds. The van der Waals surface area contributed by atoms with E-state index in [0.717, 1.165) is 0 Å². The Balaban J connectivity index is 2.83. The molecular formula is C11H14N2O4. The minimum Gasteiger partial charge on any atom is -0.485 e. The van der Waals surface area contributed by atoms with Gasteiger partial charge in [0.15, 0.2) is 5.75 Å². The van der Waals surface area contributed by atoms with Gasteiger partial charge in [0, 0.05) is 18.2 Å². The number of rotatable bonds is 6. The number of hydrogen-bond donors (Lipinski definition) is 0. The van der Waals surface area contributed by atoms with Gasteiger partial charge < -0.3 is 9.64 Å². The van der Waals surface area contributed by atoms with Crippen LogP contribution in [0.1, 0.15) is 10.4 Å². The first kappa shape index (κ1) is 13.1. The van der Waals surface area contributed by atoms with E-state index in [1.165, 1.54) is 18.2 Å². The van der Waals surface area contributed by atoms with E-state index in [1.807, 2.05) is 19.0 Å². The molecule has 0 atom stereocenters. The predicted molar refractivity (Wildman–Crippen MR) is 62.5 cm³/mol. The van der Waals surface area contributed by atoms with Gasteiger partial charge in [-0.1, -0.05) is 0 Å². The summed E-state index contributed by atoms with van der Waals surface area (Å²) in [6.07, 6.45) is 0.566. The number of carbonyl (C=O) groups excluding carboxylic acids is 1. The van der Waals surface area contributed by atoms with Gasteiger partial charge in [-0.25, -0.2) is 0 Å². The van der Waals surface area contributed by atoms with Crippen LogP contribution in [-0.2, 0) is 0 Å². The summed E-state index contributed by atoms with van der Waals surface area (Å²) in [6.45, 7) is 1.01. The van der Waals surface area contributed by atoms with Crippen molar-refractivity contribution < 1.29 is 14.5 Å². The summed E-state index contributed by atoms with van der Waals surface area (Å²) >= 11 is 0. The molecule has 6 nitrogen and oxygen atoms in total. The second-order valence-corrected chi connectivity index (χ2v) is 3.75. The number of ether oxygens (including phenoxy) is 1. The number of hydrogen-bond acceptors (Lipinski definition) is 5. The Labute approximate surface area is 98.9 Å². The Morgan fingerprint density at radius 1 is 1.47 bits per heavy atom. The fourth-order valence-electron chi connectivity index (χ4n) is 1.21. The van der Waals surface area contributed by atoms with E-state index in [2.05, 4.69) is 0 Å². The van der Waals surface area contributed by atoms with Gasteiger partial charge in [-0.15, -0.1) is 0 Å². The van der Waals surface area contributed by atoms with E-state index in [1.54, 1.807) is 0 Å². The summed E-state index contributed by atoms with van der Waals surface area (Å²) in [6, 6.07) is 4.14. The maximum atomic E-state index is 10.8. The van der Waals surface area contributed by atoms with Crippen LogP contribution in [0.4, 0.5) is 5.69 Å². The van der Waals surface area contributed by atoms with Crippen LogP contribution < -0.4 is 4.74 Å². The molecule has 92 valence electrons. The zero-order chi connectivity index (χ0) is 12.8. The van der Waals surface area contributed by atoms with Crippen LogP contribution in [-0.4, -0.2) is 43.4 Å². The minimum atomic E-state index is -0.558. The quantitative estimate of drug-likeness (QED) is 0.425. The van der Waals surface area contributed by atoms with E-state index < -0.39 is 4.92 Å². The fourth-order valence-corrected chi connectivity index (χ4v) is 1.21. The summed E-state index contributed by atoms with van der Waals surface area (Å²) < 4.78 is 5.31. The van der Waals surface area contributed by atoms with Crippen molar-refractivity contribution in [3.05, 3.63) is 33.9 Å². The van der Waals surface area contributed by atoms with Crippen molar-refractivity contribution in [1.29, 1.82) is 0 Å². The summed E-state index contributed by atoms with van der Waals surface area (Å²) in [5.74, 6) is 0.183. The Bertz CT molecular complexity index is 418. The van der Waals surface area contributed by atoms with Crippen molar-refractivity contribution in [2.45, 2.75) is 0 Å². The summed E-state index contributed by atoms with van der Waals surface area (Å²) in [4.78, 5) is 22.7. The van der Waals surface area contributed by atoms with Crippen molar-refractivity contribution in [2.75, 3.05) is 27.2 Å². The van der Waals surface area contributed by atoms with Gasteiger partial charge in [0.25, 0.3) is 0 Å². The number of carbonyl (C=O) groups is 1. The molecule has 1 aromatic rings. The molecule has 0 aliphatic carbocycles. The molecule has 0 heterocycles. The Morgan fingerprint density at radius 2 is 2.18 bits per heavy atom. The molecule has 0 saturated carbocycles. The van der Waals surface area contributed by atoms with E-state index >= 15 is 0 Å². The number of aldehydes is 1. The zero-order valence-corrected chi connectivity index (χ0v) is 9.75. The Morgan fingerprint density at radius 3 is 2.71 bits per heavy atom. The lowest BCUT2D eigenvalue weighted by Crippen LogP contribution is -2.19. The first-order valence-corrected chi connectivity index (χ1v) is 5.05. The Kier molecular flexibility index (Phi) is 4.59. The summed E-state index contributed by atoms with van der Waals surface area (Å²) in [5, 5.41) is 10.8. The number of benzene rings is 1. The predicted octanol–water partition coefficient (Wildman–Crippen LogP) is 1.35. The lowest BCUT2D eigenvalue weighted by atomic mass is 10.2. The third kappa shape index (κ3) is 3.84. The molecule has 0 fully saturated rings. The average molecular weight is 238 g/mol. The van der Waals surface area contributed by atoms with Crippen LogP contribution in [0.5, 0.6) is 5.75 Å². The van der Waals surface area contributed by atoms with Crippen LogP contribution >= 0.6 is 0 Å². The highest BCUT2D eigenvalue weighted by molar-refractivity contribution is 5.77. The molecule has 6 heteroatoms. The number of nitrogens with zero attached hydrogens (tertiary/aromatic N) is 2. The second-order valence-electron chi connectivity index (χ2n) is 3.75. The van der Waals surface area contributed by atoms with Crippen LogP contribution in [0.25, 0.3) is 0 Å². The standard InChI is InChI=1S/C11H14N2O4/c1-12(2)5-6-17-11-4-3-9(8-14)7-10(11)13(15)16/h3-4,7-8H,5-6H2,1-2H3. The molecule has 0 saturated heterocycles. The first-order chi connectivity index (χ1) is 8.04. The van der Waals surface area contributed by atoms with Gasteiger partial charge in [-0.2, -0.15) is 0 Å². The molecule has 0 radical (unpaired) electrons. The molecule has 17 heavy (non-hydrogen) atoms. The molecule has 0 aromatic heterocycles. The lowest BCUT2D eigenvalue weighted by molar-refractivity contribution is -0.385. The topological polar surface area (TPSA) is 72.7 Å². The van der Waals surface area contributed by atoms with Gasteiger partial charge >= 0.3 is 5.69 Å². The minimum absolute atomic E-state index is 0.183. The maximum Gasteiger partial charge on any atom is 0.311 e. The molecular weight excluding hydrogens is 224 g/mol. The van der Waals surface area contributed by atoms with E-state index in [0.29, 0.717) is 19.4 Å². The normalized spacial score (nSPS) is 10.3. The van der Waals surface area contributed by atoms with Crippen LogP contribution in [0.3, 0.4) is 0 Å². The second kappa shape index (κ2) is 5.95. The zero-order valence-electron chi connectivity index (χ0n) is 9.75. The largest absolute Gasteiger partial charge is 0.485 e. The highest BCUT2D eigenvalue weighted by atomic mass is 16.6. The van der Waals surface area contributed by atoms with Crippen molar-refractivity contribution >= 4 is 12.0 Å². The van der Waals surface area contributed by atoms with Crippen molar-refractivity contribution in [3.63, 3.8) is 0 Å². The average Bonchev–Trinajstić information content (AvgIpc) is 2.28. The maximum absolute atomic E-state index is 10.8. The fraction of sp³-hybridized carbons (Fsp3) is 0.364. The highest BCUT2D eigenvalue weighted by Crippen LogP contribution is 2.27. The number of nitro groups is 1. The van der Waals surface area contributed by atoms with Gasteiger partial charge in [0.05, 0.1) is 4.92 Å². The molecule has 0 spiro atoms. The molecule has 0 aliphatic heterocycles. The Hall–Kier alpha value is -1.95. The van der Waals surface area contributed by atoms with Gasteiger partial charge in [-0.3, -0.25) is 14.9 Å². The number of nitro benzene ring substituents is 1. The third-order valence-electron chi connectivity index (χ3n) is 2.11. The van der Waals surface area contributed by atoms with Crippen LogP contribution in [0.15, 0.2) is 18.2 Å². The third-order valence-corrected chi connectivity index (χ3v) is 2.11. The molecule has 0 aliphatic rings. The van der Waals surface area contributed by atoms with E-state index in [9.17, 15) is 14.9 Å². The van der Waals surface area contributed by atoms with Gasteiger partial charge in [-0.05, 0) is 26.2 Å². The van der Waals surface area contributed by atoms with Gasteiger partial charge in [0.1, 0.15) is 12.9 Å².